The van der Waals surface area contributed by atoms with Crippen molar-refractivity contribution in [2.75, 3.05) is 5.75 Å². The van der Waals surface area contributed by atoms with Crippen molar-refractivity contribution in [3.8, 4) is 0 Å². The first-order valence-corrected chi connectivity index (χ1v) is 6.51. The molecule has 0 aliphatic carbocycles. The van der Waals surface area contributed by atoms with Crippen molar-refractivity contribution < 1.29 is 8.42 Å². The summed E-state index contributed by atoms with van der Waals surface area (Å²) in [5.74, 6) is 0.0208. The Kier molecular flexibility index (Phi) is 5.54. The van der Waals surface area contributed by atoms with Gasteiger partial charge in [-0.25, -0.2) is 13.6 Å². The topological polar surface area (TPSA) is 60.2 Å². The lowest BCUT2D eigenvalue weighted by atomic mass is 10.1. The predicted molar refractivity (Wildman–Crippen MR) is 64.3 cm³/mol. The molecular weight excluding hydrogens is 210 g/mol. The minimum absolute atomic E-state index is 0.0208. The molecule has 86 valence electrons. The molecule has 0 fully saturated rings. The third-order valence-electron chi connectivity index (χ3n) is 1.77. The van der Waals surface area contributed by atoms with Crippen molar-refractivity contribution in [1.29, 1.82) is 0 Å². The molecule has 0 atom stereocenters. The van der Waals surface area contributed by atoms with E-state index in [-0.39, 0.29) is 5.75 Å². The number of rotatable bonds is 1. The molecule has 1 aromatic rings. The third-order valence-corrected chi connectivity index (χ3v) is 2.57. The molecule has 0 radical (unpaired) electrons. The Bertz CT molecular complexity index is 360. The highest BCUT2D eigenvalue weighted by atomic mass is 32.2. The molecule has 0 amide bonds. The van der Waals surface area contributed by atoms with Crippen molar-refractivity contribution >= 4 is 10.0 Å². The van der Waals surface area contributed by atoms with Crippen molar-refractivity contribution in [2.45, 2.75) is 27.7 Å². The average molecular weight is 229 g/mol. The van der Waals surface area contributed by atoms with Crippen molar-refractivity contribution in [2.24, 2.45) is 5.14 Å². The van der Waals surface area contributed by atoms with Gasteiger partial charge in [0.15, 0.2) is 0 Å². The number of hydrogen-bond donors (Lipinski definition) is 1. The van der Waals surface area contributed by atoms with E-state index in [1.165, 1.54) is 23.6 Å². The summed E-state index contributed by atoms with van der Waals surface area (Å²) in [5.41, 5.74) is 4.06. The van der Waals surface area contributed by atoms with Gasteiger partial charge in [-0.05, 0) is 27.7 Å². The number of primary sulfonamides is 1. The standard InChI is InChI=1S/C9H12.C2H7NO2S/c1-7-4-8(2)6-9(3)5-7;1-2-6(3,4)5/h4-6H,1-3H3;2H2,1H3,(H2,3,4,5). The van der Waals surface area contributed by atoms with Gasteiger partial charge in [-0.3, -0.25) is 0 Å². The van der Waals surface area contributed by atoms with E-state index in [0.29, 0.717) is 0 Å². The summed E-state index contributed by atoms with van der Waals surface area (Å²) in [6.07, 6.45) is 0. The van der Waals surface area contributed by atoms with Crippen LogP contribution in [0.4, 0.5) is 0 Å². The van der Waals surface area contributed by atoms with E-state index in [2.05, 4.69) is 44.1 Å². The fourth-order valence-electron chi connectivity index (χ4n) is 1.20. The average Bonchev–Trinajstić information content (AvgIpc) is 2.01. The minimum atomic E-state index is -3.16. The lowest BCUT2D eigenvalue weighted by molar-refractivity contribution is 0.599. The monoisotopic (exact) mass is 229 g/mol. The van der Waals surface area contributed by atoms with Crippen LogP contribution in [0.1, 0.15) is 23.6 Å². The predicted octanol–water partition coefficient (Wildman–Crippen LogP) is 1.91. The quantitative estimate of drug-likeness (QED) is 0.799. The summed E-state index contributed by atoms with van der Waals surface area (Å²) in [7, 11) is -3.16. The second-order valence-corrected chi connectivity index (χ2v) is 5.52. The largest absolute Gasteiger partial charge is 0.229 e. The molecule has 0 spiro atoms. The van der Waals surface area contributed by atoms with Gasteiger partial charge in [0.2, 0.25) is 10.0 Å². The maximum Gasteiger partial charge on any atom is 0.208 e. The molecule has 0 saturated heterocycles. The van der Waals surface area contributed by atoms with E-state index in [0.717, 1.165) is 0 Å². The zero-order chi connectivity index (χ0) is 12.1. The Morgan fingerprint density at radius 2 is 1.20 bits per heavy atom. The highest BCUT2D eigenvalue weighted by molar-refractivity contribution is 7.89. The van der Waals surface area contributed by atoms with Crippen LogP contribution < -0.4 is 5.14 Å². The van der Waals surface area contributed by atoms with Crippen molar-refractivity contribution in [3.63, 3.8) is 0 Å². The van der Waals surface area contributed by atoms with Crippen molar-refractivity contribution in [3.05, 3.63) is 34.9 Å². The Morgan fingerprint density at radius 3 is 1.33 bits per heavy atom. The molecule has 15 heavy (non-hydrogen) atoms. The lowest BCUT2D eigenvalue weighted by Crippen LogP contribution is -2.13. The first-order valence-electron chi connectivity index (χ1n) is 4.80. The first-order chi connectivity index (χ1) is 6.74. The zero-order valence-corrected chi connectivity index (χ0v) is 10.6. The van der Waals surface area contributed by atoms with Crippen LogP contribution in [0.25, 0.3) is 0 Å². The van der Waals surface area contributed by atoms with Crippen LogP contribution in [0.2, 0.25) is 0 Å². The normalized spacial score (nSPS) is 10.5. The van der Waals surface area contributed by atoms with Crippen LogP contribution in [0.3, 0.4) is 0 Å². The maximum absolute atomic E-state index is 9.78. The highest BCUT2D eigenvalue weighted by Gasteiger charge is 1.91. The van der Waals surface area contributed by atoms with Gasteiger partial charge in [0, 0.05) is 0 Å². The third kappa shape index (κ3) is 8.15. The van der Waals surface area contributed by atoms with Gasteiger partial charge in [0.05, 0.1) is 5.75 Å². The van der Waals surface area contributed by atoms with Crippen molar-refractivity contribution in [1.82, 2.24) is 0 Å². The molecule has 1 aromatic carbocycles. The molecule has 2 N–H and O–H groups in total. The molecule has 0 aliphatic heterocycles. The molecule has 0 saturated carbocycles. The Labute approximate surface area is 92.4 Å². The summed E-state index contributed by atoms with van der Waals surface area (Å²) in [5, 5.41) is 4.51. The van der Waals surface area contributed by atoms with Gasteiger partial charge in [-0.2, -0.15) is 0 Å². The molecule has 3 nitrogen and oxygen atoms in total. The van der Waals surface area contributed by atoms with E-state index >= 15 is 0 Å². The Hall–Kier alpha value is -0.870. The van der Waals surface area contributed by atoms with Crippen LogP contribution in [-0.2, 0) is 10.0 Å². The van der Waals surface area contributed by atoms with E-state index < -0.39 is 10.0 Å². The highest BCUT2D eigenvalue weighted by Crippen LogP contribution is 2.06. The van der Waals surface area contributed by atoms with Gasteiger partial charge < -0.3 is 0 Å². The summed E-state index contributed by atoms with van der Waals surface area (Å²) in [6.45, 7) is 7.87. The smallest absolute Gasteiger partial charge is 0.208 e. The summed E-state index contributed by atoms with van der Waals surface area (Å²) >= 11 is 0. The summed E-state index contributed by atoms with van der Waals surface area (Å²) < 4.78 is 19.6. The number of sulfonamides is 1. The first kappa shape index (κ1) is 14.1. The second-order valence-electron chi connectivity index (χ2n) is 3.62. The Morgan fingerprint density at radius 1 is 1.00 bits per heavy atom. The Balaban J connectivity index is 0.000000288. The van der Waals surface area contributed by atoms with E-state index in [4.69, 9.17) is 0 Å². The van der Waals surface area contributed by atoms with Gasteiger partial charge >= 0.3 is 0 Å². The molecule has 0 bridgehead atoms. The van der Waals surface area contributed by atoms with Crippen LogP contribution in [0.5, 0.6) is 0 Å². The maximum atomic E-state index is 9.78. The van der Waals surface area contributed by atoms with Crippen LogP contribution >= 0.6 is 0 Å². The van der Waals surface area contributed by atoms with Gasteiger partial charge in [0.25, 0.3) is 0 Å². The zero-order valence-electron chi connectivity index (χ0n) is 9.74. The van der Waals surface area contributed by atoms with E-state index in [1.807, 2.05) is 0 Å². The number of nitrogens with two attached hydrogens (primary N) is 1. The van der Waals surface area contributed by atoms with Gasteiger partial charge in [-0.1, -0.05) is 34.9 Å². The molecule has 4 heteroatoms. The summed E-state index contributed by atoms with van der Waals surface area (Å²) in [4.78, 5) is 0. The fraction of sp³-hybridized carbons (Fsp3) is 0.455. The second kappa shape index (κ2) is 5.88. The van der Waals surface area contributed by atoms with Crippen LogP contribution in [-0.4, -0.2) is 14.2 Å². The summed E-state index contributed by atoms with van der Waals surface area (Å²) in [6, 6.07) is 6.56. The molecule has 1 rings (SSSR count). The van der Waals surface area contributed by atoms with E-state index in [9.17, 15) is 8.42 Å². The minimum Gasteiger partial charge on any atom is -0.229 e. The molecule has 0 aromatic heterocycles. The van der Waals surface area contributed by atoms with Crippen LogP contribution in [0.15, 0.2) is 18.2 Å². The van der Waals surface area contributed by atoms with Crippen LogP contribution in [0, 0.1) is 20.8 Å². The van der Waals surface area contributed by atoms with Gasteiger partial charge in [-0.15, -0.1) is 0 Å². The fourth-order valence-corrected chi connectivity index (χ4v) is 1.20. The lowest BCUT2D eigenvalue weighted by Gasteiger charge is -1.96. The molecule has 0 unspecified atom stereocenters. The number of hydrogen-bond acceptors (Lipinski definition) is 2. The molecular formula is C11H19NO2S. The number of benzene rings is 1. The number of aryl methyl sites for hydroxylation is 3. The van der Waals surface area contributed by atoms with E-state index in [1.54, 1.807) is 0 Å². The SMILES string of the molecule is CCS(N)(=O)=O.Cc1cc(C)cc(C)c1. The molecule has 0 heterocycles. The molecule has 0 aliphatic rings. The van der Waals surface area contributed by atoms with Gasteiger partial charge in [0.1, 0.15) is 0 Å².